The van der Waals surface area contributed by atoms with E-state index in [-0.39, 0.29) is 10.8 Å². The van der Waals surface area contributed by atoms with Gasteiger partial charge in [-0.05, 0) is 44.1 Å². The van der Waals surface area contributed by atoms with Crippen molar-refractivity contribution in [2.24, 2.45) is 0 Å². The number of nitrogens with one attached hydrogen (secondary N) is 2. The Labute approximate surface area is 153 Å². The van der Waals surface area contributed by atoms with Crippen molar-refractivity contribution in [1.82, 2.24) is 9.62 Å². The summed E-state index contributed by atoms with van der Waals surface area (Å²) in [6, 6.07) is 6.34. The van der Waals surface area contributed by atoms with Crippen LogP contribution in [0.5, 0.6) is 0 Å². The van der Waals surface area contributed by atoms with Gasteiger partial charge >= 0.3 is 0 Å². The van der Waals surface area contributed by atoms with Crippen LogP contribution in [-0.4, -0.2) is 70.7 Å². The fraction of sp³-hybridized carbons (Fsp3) is 0.588. The van der Waals surface area contributed by atoms with Crippen LogP contribution in [0.25, 0.3) is 0 Å². The SMILES string of the molecule is COC1(C(=O)Nc2cccc(S(=O)(=O)N3CCOCC3)c2)CCNCC1. The van der Waals surface area contributed by atoms with E-state index in [9.17, 15) is 13.2 Å². The van der Waals surface area contributed by atoms with E-state index in [0.29, 0.717) is 57.9 Å². The Morgan fingerprint density at radius 2 is 1.96 bits per heavy atom. The van der Waals surface area contributed by atoms with E-state index < -0.39 is 15.6 Å². The maximum atomic E-state index is 12.8. The molecule has 0 radical (unpaired) electrons. The number of carbonyl (C=O) groups excluding carboxylic acids is 1. The minimum Gasteiger partial charge on any atom is -0.379 e. The predicted molar refractivity (Wildman–Crippen MR) is 96.5 cm³/mol. The van der Waals surface area contributed by atoms with Gasteiger partial charge in [-0.25, -0.2) is 8.42 Å². The number of rotatable bonds is 5. The zero-order valence-corrected chi connectivity index (χ0v) is 15.7. The molecular formula is C17H25N3O5S. The Kier molecular flexibility index (Phi) is 5.93. The van der Waals surface area contributed by atoms with Gasteiger partial charge in [0.25, 0.3) is 5.91 Å². The quantitative estimate of drug-likeness (QED) is 0.765. The Bertz CT molecular complexity index is 741. The fourth-order valence-corrected chi connectivity index (χ4v) is 4.72. The lowest BCUT2D eigenvalue weighted by Crippen LogP contribution is -2.51. The largest absolute Gasteiger partial charge is 0.379 e. The van der Waals surface area contributed by atoms with Gasteiger partial charge in [-0.1, -0.05) is 6.07 Å². The molecule has 144 valence electrons. The highest BCUT2D eigenvalue weighted by molar-refractivity contribution is 7.89. The molecule has 2 aliphatic rings. The summed E-state index contributed by atoms with van der Waals surface area (Å²) in [7, 11) is -2.07. The van der Waals surface area contributed by atoms with E-state index >= 15 is 0 Å². The highest BCUT2D eigenvalue weighted by Gasteiger charge is 2.39. The summed E-state index contributed by atoms with van der Waals surface area (Å²) in [4.78, 5) is 12.9. The van der Waals surface area contributed by atoms with Crippen molar-refractivity contribution in [3.63, 3.8) is 0 Å². The van der Waals surface area contributed by atoms with Gasteiger partial charge in [0, 0.05) is 25.9 Å². The van der Waals surface area contributed by atoms with Crippen LogP contribution in [0.4, 0.5) is 5.69 Å². The Morgan fingerprint density at radius 3 is 2.62 bits per heavy atom. The molecule has 0 aliphatic carbocycles. The molecule has 2 heterocycles. The first-order valence-electron chi connectivity index (χ1n) is 8.73. The molecule has 0 spiro atoms. The molecule has 1 aromatic carbocycles. The number of benzene rings is 1. The molecule has 2 aliphatic heterocycles. The normalized spacial score (nSPS) is 21.3. The first kappa shape index (κ1) is 19.2. The van der Waals surface area contributed by atoms with E-state index in [2.05, 4.69) is 10.6 Å². The number of ether oxygens (including phenoxy) is 2. The summed E-state index contributed by atoms with van der Waals surface area (Å²) >= 11 is 0. The van der Waals surface area contributed by atoms with Crippen LogP contribution in [0.1, 0.15) is 12.8 Å². The number of anilines is 1. The first-order valence-corrected chi connectivity index (χ1v) is 10.2. The second kappa shape index (κ2) is 8.01. The Morgan fingerprint density at radius 1 is 1.27 bits per heavy atom. The van der Waals surface area contributed by atoms with Gasteiger partial charge in [0.1, 0.15) is 5.60 Å². The van der Waals surface area contributed by atoms with Crippen molar-refractivity contribution in [1.29, 1.82) is 0 Å². The number of nitrogens with zero attached hydrogens (tertiary/aromatic N) is 1. The lowest BCUT2D eigenvalue weighted by atomic mass is 9.91. The summed E-state index contributed by atoms with van der Waals surface area (Å²) in [6.07, 6.45) is 1.14. The van der Waals surface area contributed by atoms with E-state index in [1.54, 1.807) is 12.1 Å². The smallest absolute Gasteiger partial charge is 0.256 e. The third kappa shape index (κ3) is 3.91. The molecular weight excluding hydrogens is 358 g/mol. The molecule has 9 heteroatoms. The molecule has 0 atom stereocenters. The number of hydrogen-bond donors (Lipinski definition) is 2. The van der Waals surface area contributed by atoms with Crippen molar-refractivity contribution in [2.75, 3.05) is 51.8 Å². The minimum atomic E-state index is -3.61. The van der Waals surface area contributed by atoms with Crippen LogP contribution in [0.2, 0.25) is 0 Å². The predicted octanol–water partition coefficient (Wildman–Crippen LogP) is 0.415. The highest BCUT2D eigenvalue weighted by atomic mass is 32.2. The van der Waals surface area contributed by atoms with E-state index in [0.717, 1.165) is 0 Å². The third-order valence-corrected chi connectivity index (χ3v) is 6.81. The summed E-state index contributed by atoms with van der Waals surface area (Å²) in [5, 5.41) is 6.02. The lowest BCUT2D eigenvalue weighted by Gasteiger charge is -2.34. The molecule has 2 saturated heterocycles. The number of amides is 1. The van der Waals surface area contributed by atoms with Crippen molar-refractivity contribution in [3.05, 3.63) is 24.3 Å². The van der Waals surface area contributed by atoms with E-state index in [4.69, 9.17) is 9.47 Å². The van der Waals surface area contributed by atoms with Crippen molar-refractivity contribution in [2.45, 2.75) is 23.3 Å². The van der Waals surface area contributed by atoms with Crippen LogP contribution >= 0.6 is 0 Å². The summed E-state index contributed by atoms with van der Waals surface area (Å²) < 4.78 is 37.7. The molecule has 26 heavy (non-hydrogen) atoms. The van der Waals surface area contributed by atoms with Crippen molar-refractivity contribution in [3.8, 4) is 0 Å². The summed E-state index contributed by atoms with van der Waals surface area (Å²) in [5.74, 6) is -0.248. The summed E-state index contributed by atoms with van der Waals surface area (Å²) in [5.41, 5.74) is -0.441. The van der Waals surface area contributed by atoms with Crippen molar-refractivity contribution >= 4 is 21.6 Å². The molecule has 2 N–H and O–H groups in total. The fourth-order valence-electron chi connectivity index (χ4n) is 3.27. The number of morpholine rings is 1. The topological polar surface area (TPSA) is 97.0 Å². The van der Waals surface area contributed by atoms with Crippen LogP contribution < -0.4 is 10.6 Å². The zero-order chi connectivity index (χ0) is 18.6. The number of sulfonamides is 1. The van der Waals surface area contributed by atoms with Crippen LogP contribution in [-0.2, 0) is 24.3 Å². The van der Waals surface area contributed by atoms with Gasteiger partial charge in [-0.2, -0.15) is 4.31 Å². The average Bonchev–Trinajstić information content (AvgIpc) is 2.69. The van der Waals surface area contributed by atoms with Gasteiger partial charge < -0.3 is 20.1 Å². The first-order chi connectivity index (χ1) is 12.5. The average molecular weight is 383 g/mol. The monoisotopic (exact) mass is 383 g/mol. The Hall–Kier alpha value is -1.52. The number of methoxy groups -OCH3 is 1. The maximum Gasteiger partial charge on any atom is 0.256 e. The molecule has 1 aromatic rings. The number of hydrogen-bond acceptors (Lipinski definition) is 6. The van der Waals surface area contributed by atoms with Gasteiger partial charge in [0.15, 0.2) is 0 Å². The van der Waals surface area contributed by atoms with Crippen LogP contribution in [0.15, 0.2) is 29.2 Å². The van der Waals surface area contributed by atoms with Crippen LogP contribution in [0.3, 0.4) is 0 Å². The highest BCUT2D eigenvalue weighted by Crippen LogP contribution is 2.26. The van der Waals surface area contributed by atoms with Gasteiger partial charge in [0.05, 0.1) is 18.1 Å². The van der Waals surface area contributed by atoms with Gasteiger partial charge in [-0.3, -0.25) is 4.79 Å². The molecule has 8 nitrogen and oxygen atoms in total. The number of carbonyl (C=O) groups is 1. The minimum absolute atomic E-state index is 0.161. The molecule has 0 bridgehead atoms. The molecule has 3 rings (SSSR count). The molecule has 1 amide bonds. The number of piperidine rings is 1. The third-order valence-electron chi connectivity index (χ3n) is 4.92. The Balaban J connectivity index is 1.77. The van der Waals surface area contributed by atoms with Crippen molar-refractivity contribution < 1.29 is 22.7 Å². The van der Waals surface area contributed by atoms with E-state index in [1.165, 1.54) is 23.5 Å². The maximum absolute atomic E-state index is 12.8. The van der Waals surface area contributed by atoms with E-state index in [1.807, 2.05) is 0 Å². The molecule has 0 aromatic heterocycles. The zero-order valence-electron chi connectivity index (χ0n) is 14.9. The molecule has 0 saturated carbocycles. The lowest BCUT2D eigenvalue weighted by molar-refractivity contribution is -0.140. The van der Waals surface area contributed by atoms with Gasteiger partial charge in [0.2, 0.25) is 10.0 Å². The molecule has 2 fully saturated rings. The van der Waals surface area contributed by atoms with Crippen LogP contribution in [0, 0.1) is 0 Å². The molecule has 0 unspecified atom stereocenters. The standard InChI is InChI=1S/C17H25N3O5S/c1-24-17(5-7-18-8-6-17)16(21)19-14-3-2-4-15(13-14)26(22,23)20-9-11-25-12-10-20/h2-4,13,18H,5-12H2,1H3,(H,19,21). The second-order valence-electron chi connectivity index (χ2n) is 6.45. The second-order valence-corrected chi connectivity index (χ2v) is 8.38. The summed E-state index contributed by atoms with van der Waals surface area (Å²) in [6.45, 7) is 2.84. The van der Waals surface area contributed by atoms with Gasteiger partial charge in [-0.15, -0.1) is 0 Å².